The van der Waals surface area contributed by atoms with Crippen molar-refractivity contribution in [2.75, 3.05) is 7.05 Å². The number of thiazole rings is 1. The lowest BCUT2D eigenvalue weighted by Crippen LogP contribution is -2.13. The van der Waals surface area contributed by atoms with Crippen LogP contribution in [0.3, 0.4) is 0 Å². The minimum absolute atomic E-state index is 0.394. The number of aromatic nitrogens is 1. The SMILES string of the molecule is CNC(C)c1csc(C2CCC2)n1. The highest BCUT2D eigenvalue weighted by Gasteiger charge is 2.22. The summed E-state index contributed by atoms with van der Waals surface area (Å²) in [6.45, 7) is 2.15. The molecule has 3 heteroatoms. The summed E-state index contributed by atoms with van der Waals surface area (Å²) in [6, 6.07) is 0.394. The Morgan fingerprint density at radius 1 is 1.62 bits per heavy atom. The molecule has 1 aromatic heterocycles. The number of hydrogen-bond donors (Lipinski definition) is 1. The molecule has 1 N–H and O–H groups in total. The molecule has 1 heterocycles. The van der Waals surface area contributed by atoms with E-state index in [9.17, 15) is 0 Å². The van der Waals surface area contributed by atoms with Gasteiger partial charge in [0, 0.05) is 17.3 Å². The van der Waals surface area contributed by atoms with Crippen LogP contribution in [-0.4, -0.2) is 12.0 Å². The minimum atomic E-state index is 0.394. The Balaban J connectivity index is 2.08. The van der Waals surface area contributed by atoms with Gasteiger partial charge in [-0.2, -0.15) is 0 Å². The van der Waals surface area contributed by atoms with E-state index < -0.39 is 0 Å². The van der Waals surface area contributed by atoms with Crippen molar-refractivity contribution in [3.8, 4) is 0 Å². The first-order valence-electron chi connectivity index (χ1n) is 4.94. The lowest BCUT2D eigenvalue weighted by atomic mass is 9.86. The first-order valence-corrected chi connectivity index (χ1v) is 5.82. The fourth-order valence-electron chi connectivity index (χ4n) is 1.49. The van der Waals surface area contributed by atoms with Gasteiger partial charge in [-0.25, -0.2) is 4.98 Å². The van der Waals surface area contributed by atoms with Gasteiger partial charge in [-0.1, -0.05) is 6.42 Å². The van der Waals surface area contributed by atoms with Crippen molar-refractivity contribution in [1.82, 2.24) is 10.3 Å². The molecule has 1 fully saturated rings. The van der Waals surface area contributed by atoms with Crippen molar-refractivity contribution in [1.29, 1.82) is 0 Å². The van der Waals surface area contributed by atoms with Crippen LogP contribution in [0.1, 0.15) is 48.8 Å². The third kappa shape index (κ3) is 1.76. The summed E-state index contributed by atoms with van der Waals surface area (Å²) in [5.74, 6) is 0.780. The highest BCUT2D eigenvalue weighted by atomic mass is 32.1. The molecule has 0 saturated heterocycles. The molecular formula is C10H16N2S. The van der Waals surface area contributed by atoms with Gasteiger partial charge in [-0.05, 0) is 26.8 Å². The maximum atomic E-state index is 4.66. The van der Waals surface area contributed by atoms with Crippen LogP contribution in [0.25, 0.3) is 0 Å². The van der Waals surface area contributed by atoms with Crippen molar-refractivity contribution >= 4 is 11.3 Å². The zero-order valence-corrected chi connectivity index (χ0v) is 9.03. The van der Waals surface area contributed by atoms with E-state index in [0.717, 1.165) is 5.92 Å². The van der Waals surface area contributed by atoms with Crippen LogP contribution in [-0.2, 0) is 0 Å². The summed E-state index contributed by atoms with van der Waals surface area (Å²) < 4.78 is 0. The maximum absolute atomic E-state index is 4.66. The van der Waals surface area contributed by atoms with E-state index in [2.05, 4.69) is 22.6 Å². The maximum Gasteiger partial charge on any atom is 0.0959 e. The molecule has 0 bridgehead atoms. The number of hydrogen-bond acceptors (Lipinski definition) is 3. The molecule has 13 heavy (non-hydrogen) atoms. The topological polar surface area (TPSA) is 24.9 Å². The van der Waals surface area contributed by atoms with Crippen LogP contribution in [0, 0.1) is 0 Å². The Labute approximate surface area is 83.4 Å². The Kier molecular flexibility index (Phi) is 2.65. The van der Waals surface area contributed by atoms with Crippen LogP contribution in [0.2, 0.25) is 0 Å². The van der Waals surface area contributed by atoms with E-state index in [1.54, 1.807) is 0 Å². The van der Waals surface area contributed by atoms with Crippen molar-refractivity contribution in [3.05, 3.63) is 16.1 Å². The molecule has 1 atom stereocenters. The van der Waals surface area contributed by atoms with Crippen molar-refractivity contribution in [2.24, 2.45) is 0 Å². The highest BCUT2D eigenvalue weighted by Crippen LogP contribution is 2.38. The van der Waals surface area contributed by atoms with Crippen LogP contribution < -0.4 is 5.32 Å². The second kappa shape index (κ2) is 3.76. The summed E-state index contributed by atoms with van der Waals surface area (Å²) in [4.78, 5) is 4.66. The standard InChI is InChI=1S/C10H16N2S/c1-7(11-2)9-6-13-10(12-9)8-4-3-5-8/h6-8,11H,3-5H2,1-2H3. The lowest BCUT2D eigenvalue weighted by molar-refractivity contribution is 0.417. The third-order valence-electron chi connectivity index (χ3n) is 2.87. The Bertz CT molecular complexity index is 259. The van der Waals surface area contributed by atoms with Crippen molar-refractivity contribution in [2.45, 2.75) is 38.1 Å². The molecule has 2 nitrogen and oxygen atoms in total. The lowest BCUT2D eigenvalue weighted by Gasteiger charge is -2.22. The fraction of sp³-hybridized carbons (Fsp3) is 0.700. The Hall–Kier alpha value is -0.410. The van der Waals surface area contributed by atoms with Gasteiger partial charge in [-0.15, -0.1) is 11.3 Å². The predicted octanol–water partition coefficient (Wildman–Crippen LogP) is 2.69. The van der Waals surface area contributed by atoms with Gasteiger partial charge < -0.3 is 5.32 Å². The van der Waals surface area contributed by atoms with E-state index in [0.29, 0.717) is 6.04 Å². The molecule has 1 aliphatic rings. The Morgan fingerprint density at radius 3 is 2.92 bits per heavy atom. The fourth-order valence-corrected chi connectivity index (χ4v) is 2.57. The van der Waals surface area contributed by atoms with Crippen LogP contribution in [0.15, 0.2) is 5.38 Å². The zero-order valence-electron chi connectivity index (χ0n) is 8.21. The largest absolute Gasteiger partial charge is 0.312 e. The average molecular weight is 196 g/mol. The molecule has 0 aromatic carbocycles. The van der Waals surface area contributed by atoms with Gasteiger partial charge in [0.2, 0.25) is 0 Å². The second-order valence-corrected chi connectivity index (χ2v) is 4.64. The van der Waals surface area contributed by atoms with Gasteiger partial charge in [-0.3, -0.25) is 0 Å². The quantitative estimate of drug-likeness (QED) is 0.804. The molecule has 1 aromatic rings. The van der Waals surface area contributed by atoms with Gasteiger partial charge >= 0.3 is 0 Å². The van der Waals surface area contributed by atoms with Crippen molar-refractivity contribution in [3.63, 3.8) is 0 Å². The molecule has 72 valence electrons. The van der Waals surface area contributed by atoms with Gasteiger partial charge in [0.15, 0.2) is 0 Å². The summed E-state index contributed by atoms with van der Waals surface area (Å²) >= 11 is 1.83. The number of rotatable bonds is 3. The molecular weight excluding hydrogens is 180 g/mol. The third-order valence-corrected chi connectivity index (χ3v) is 3.90. The zero-order chi connectivity index (χ0) is 9.26. The molecule has 0 amide bonds. The van der Waals surface area contributed by atoms with Gasteiger partial charge in [0.1, 0.15) is 0 Å². The summed E-state index contributed by atoms with van der Waals surface area (Å²) in [6.07, 6.45) is 4.09. The van der Waals surface area contributed by atoms with E-state index in [1.165, 1.54) is 30.0 Å². The minimum Gasteiger partial charge on any atom is -0.312 e. The smallest absolute Gasteiger partial charge is 0.0959 e. The molecule has 1 unspecified atom stereocenters. The average Bonchev–Trinajstić information content (AvgIpc) is 2.49. The number of nitrogens with one attached hydrogen (secondary N) is 1. The molecule has 0 spiro atoms. The predicted molar refractivity (Wildman–Crippen MR) is 56.2 cm³/mol. The molecule has 2 rings (SSSR count). The summed E-state index contributed by atoms with van der Waals surface area (Å²) in [5.41, 5.74) is 1.20. The first-order chi connectivity index (χ1) is 6.31. The second-order valence-electron chi connectivity index (χ2n) is 3.75. The molecule has 0 aliphatic heterocycles. The van der Waals surface area contributed by atoms with E-state index in [-0.39, 0.29) is 0 Å². The number of nitrogens with zero attached hydrogens (tertiary/aromatic N) is 1. The van der Waals surface area contributed by atoms with Crippen molar-refractivity contribution < 1.29 is 0 Å². The Morgan fingerprint density at radius 2 is 2.38 bits per heavy atom. The first kappa shape index (κ1) is 9.16. The van der Waals surface area contributed by atoms with Crippen LogP contribution >= 0.6 is 11.3 Å². The monoisotopic (exact) mass is 196 g/mol. The normalized spacial score (nSPS) is 19.8. The molecule has 1 saturated carbocycles. The molecule has 1 aliphatic carbocycles. The van der Waals surface area contributed by atoms with Gasteiger partial charge in [0.25, 0.3) is 0 Å². The van der Waals surface area contributed by atoms with Crippen LogP contribution in [0.5, 0.6) is 0 Å². The van der Waals surface area contributed by atoms with Crippen LogP contribution in [0.4, 0.5) is 0 Å². The van der Waals surface area contributed by atoms with E-state index >= 15 is 0 Å². The molecule has 0 radical (unpaired) electrons. The summed E-state index contributed by atoms with van der Waals surface area (Å²) in [5, 5.41) is 6.75. The highest BCUT2D eigenvalue weighted by molar-refractivity contribution is 7.09. The van der Waals surface area contributed by atoms with E-state index in [1.807, 2.05) is 18.4 Å². The van der Waals surface area contributed by atoms with Gasteiger partial charge in [0.05, 0.1) is 10.7 Å². The summed E-state index contributed by atoms with van der Waals surface area (Å²) in [7, 11) is 1.98. The van der Waals surface area contributed by atoms with E-state index in [4.69, 9.17) is 0 Å².